The summed E-state index contributed by atoms with van der Waals surface area (Å²) in [4.78, 5) is 33.4. The monoisotopic (exact) mass is 342 g/mol. The minimum atomic E-state index is -0.546. The first-order valence-electron chi connectivity index (χ1n) is 5.84. The van der Waals surface area contributed by atoms with E-state index in [0.29, 0.717) is 5.69 Å². The Bertz CT molecular complexity index is 531. The van der Waals surface area contributed by atoms with Gasteiger partial charge in [0.05, 0.1) is 6.54 Å². The van der Waals surface area contributed by atoms with Gasteiger partial charge in [-0.1, -0.05) is 15.9 Å². The van der Waals surface area contributed by atoms with Crippen LogP contribution in [0.3, 0.4) is 0 Å². The number of rotatable bonds is 5. The molecule has 0 heterocycles. The van der Waals surface area contributed by atoms with E-state index in [4.69, 9.17) is 0 Å². The van der Waals surface area contributed by atoms with Crippen molar-refractivity contribution < 1.29 is 19.1 Å². The van der Waals surface area contributed by atoms with Crippen molar-refractivity contribution in [1.29, 1.82) is 0 Å². The van der Waals surface area contributed by atoms with Crippen LogP contribution in [-0.2, 0) is 19.1 Å². The summed E-state index contributed by atoms with van der Waals surface area (Å²) in [5, 5.41) is 5.03. The molecular formula is C13H15BrN2O4. The number of aryl methyl sites for hydroxylation is 1. The van der Waals surface area contributed by atoms with Crippen LogP contribution in [0.5, 0.6) is 0 Å². The molecule has 0 saturated carbocycles. The third kappa shape index (κ3) is 5.83. The third-order valence-corrected chi connectivity index (χ3v) is 2.81. The van der Waals surface area contributed by atoms with E-state index >= 15 is 0 Å². The van der Waals surface area contributed by atoms with E-state index in [1.165, 1.54) is 6.92 Å². The van der Waals surface area contributed by atoms with Gasteiger partial charge < -0.3 is 15.4 Å². The van der Waals surface area contributed by atoms with E-state index in [9.17, 15) is 14.4 Å². The fourth-order valence-electron chi connectivity index (χ4n) is 1.36. The molecule has 0 bridgehead atoms. The summed E-state index contributed by atoms with van der Waals surface area (Å²) in [5.74, 6) is -1.43. The lowest BCUT2D eigenvalue weighted by molar-refractivity contribution is -0.146. The fourth-order valence-corrected chi connectivity index (χ4v) is 1.83. The van der Waals surface area contributed by atoms with Crippen molar-refractivity contribution in [3.05, 3.63) is 28.2 Å². The smallest absolute Gasteiger partial charge is 0.303 e. The first kappa shape index (κ1) is 16.2. The second-order valence-corrected chi connectivity index (χ2v) is 4.98. The number of hydrogen-bond donors (Lipinski definition) is 2. The highest BCUT2D eigenvalue weighted by Crippen LogP contribution is 2.19. The lowest BCUT2D eigenvalue weighted by atomic mass is 10.2. The highest BCUT2D eigenvalue weighted by Gasteiger charge is 2.08. The fraction of sp³-hybridized carbons (Fsp3) is 0.308. The van der Waals surface area contributed by atoms with E-state index < -0.39 is 11.9 Å². The number of ether oxygens (including phenoxy) is 1. The molecule has 20 heavy (non-hydrogen) atoms. The van der Waals surface area contributed by atoms with Crippen LogP contribution in [-0.4, -0.2) is 30.9 Å². The van der Waals surface area contributed by atoms with E-state index in [2.05, 4.69) is 31.3 Å². The second kappa shape index (κ2) is 7.64. The molecule has 0 aromatic heterocycles. The normalized spacial score (nSPS) is 9.75. The van der Waals surface area contributed by atoms with Crippen LogP contribution in [0.15, 0.2) is 22.7 Å². The maximum atomic E-state index is 11.6. The SMILES string of the molecule is CC(=O)OCC(=O)NCC(=O)Nc1ccc(Br)cc1C. The van der Waals surface area contributed by atoms with Gasteiger partial charge >= 0.3 is 5.97 Å². The van der Waals surface area contributed by atoms with Crippen LogP contribution in [0.2, 0.25) is 0 Å². The highest BCUT2D eigenvalue weighted by molar-refractivity contribution is 9.10. The standard InChI is InChI=1S/C13H15BrN2O4/c1-8-5-10(14)3-4-11(8)16-12(18)6-15-13(19)7-20-9(2)17/h3-5H,6-7H2,1-2H3,(H,15,19)(H,16,18). The number of carbonyl (C=O) groups is 3. The summed E-state index contributed by atoms with van der Waals surface area (Å²) < 4.78 is 5.42. The molecular weight excluding hydrogens is 328 g/mol. The van der Waals surface area contributed by atoms with Gasteiger partial charge in [0.1, 0.15) is 0 Å². The predicted octanol–water partition coefficient (Wildman–Crippen LogP) is 1.38. The van der Waals surface area contributed by atoms with Crippen molar-refractivity contribution in [3.8, 4) is 0 Å². The number of amides is 2. The Hall–Kier alpha value is -1.89. The van der Waals surface area contributed by atoms with Crippen molar-refractivity contribution in [1.82, 2.24) is 5.32 Å². The van der Waals surface area contributed by atoms with Gasteiger partial charge in [0, 0.05) is 17.1 Å². The summed E-state index contributed by atoms with van der Waals surface area (Å²) in [6, 6.07) is 5.44. The Morgan fingerprint density at radius 1 is 1.25 bits per heavy atom. The van der Waals surface area contributed by atoms with Crippen LogP contribution in [0.4, 0.5) is 5.69 Å². The molecule has 0 aliphatic carbocycles. The summed E-state index contributed by atoms with van der Waals surface area (Å²) >= 11 is 3.33. The van der Waals surface area contributed by atoms with Crippen LogP contribution in [0.1, 0.15) is 12.5 Å². The van der Waals surface area contributed by atoms with E-state index in [-0.39, 0.29) is 19.1 Å². The third-order valence-electron chi connectivity index (χ3n) is 2.32. The number of nitrogens with one attached hydrogen (secondary N) is 2. The molecule has 6 nitrogen and oxygen atoms in total. The molecule has 0 saturated heterocycles. The van der Waals surface area contributed by atoms with Crippen molar-refractivity contribution in [2.45, 2.75) is 13.8 Å². The number of halogens is 1. The summed E-state index contributed by atoms with van der Waals surface area (Å²) in [5.41, 5.74) is 1.58. The molecule has 2 N–H and O–H groups in total. The molecule has 1 rings (SSSR count). The second-order valence-electron chi connectivity index (χ2n) is 4.06. The van der Waals surface area contributed by atoms with Crippen LogP contribution < -0.4 is 10.6 Å². The Morgan fingerprint density at radius 3 is 2.55 bits per heavy atom. The summed E-state index contributed by atoms with van der Waals surface area (Å²) in [6.07, 6.45) is 0. The van der Waals surface area contributed by atoms with Gasteiger partial charge in [-0.15, -0.1) is 0 Å². The molecule has 0 aliphatic heterocycles. The zero-order valence-corrected chi connectivity index (χ0v) is 12.7. The van der Waals surface area contributed by atoms with Gasteiger partial charge in [-0.3, -0.25) is 14.4 Å². The van der Waals surface area contributed by atoms with Gasteiger partial charge in [-0.25, -0.2) is 0 Å². The molecule has 0 fully saturated rings. The van der Waals surface area contributed by atoms with Crippen molar-refractivity contribution in [3.63, 3.8) is 0 Å². The van der Waals surface area contributed by atoms with Crippen LogP contribution >= 0.6 is 15.9 Å². The average molecular weight is 343 g/mol. The molecule has 1 aromatic rings. The van der Waals surface area contributed by atoms with Gasteiger partial charge in [-0.05, 0) is 30.7 Å². The number of benzene rings is 1. The maximum absolute atomic E-state index is 11.6. The zero-order chi connectivity index (χ0) is 15.1. The Kier molecular flexibility index (Phi) is 6.17. The molecule has 2 amide bonds. The Labute approximate surface area is 125 Å². The van der Waals surface area contributed by atoms with Crippen LogP contribution in [0, 0.1) is 6.92 Å². The van der Waals surface area contributed by atoms with Gasteiger partial charge in [0.25, 0.3) is 5.91 Å². The highest BCUT2D eigenvalue weighted by atomic mass is 79.9. The molecule has 108 valence electrons. The van der Waals surface area contributed by atoms with Crippen molar-refractivity contribution in [2.75, 3.05) is 18.5 Å². The summed E-state index contributed by atoms with van der Waals surface area (Å²) in [6.45, 7) is 2.49. The molecule has 0 aliphatic rings. The average Bonchev–Trinajstić information content (AvgIpc) is 2.37. The van der Waals surface area contributed by atoms with Gasteiger partial charge in [-0.2, -0.15) is 0 Å². The lowest BCUT2D eigenvalue weighted by Gasteiger charge is -2.09. The minimum absolute atomic E-state index is 0.185. The number of carbonyl (C=O) groups excluding carboxylic acids is 3. The molecule has 0 spiro atoms. The Morgan fingerprint density at radius 2 is 1.95 bits per heavy atom. The van der Waals surface area contributed by atoms with Gasteiger partial charge in [0.2, 0.25) is 5.91 Å². The predicted molar refractivity (Wildman–Crippen MR) is 77.2 cm³/mol. The van der Waals surface area contributed by atoms with Gasteiger partial charge in [0.15, 0.2) is 6.61 Å². The first-order chi connectivity index (χ1) is 9.38. The molecule has 1 aromatic carbocycles. The minimum Gasteiger partial charge on any atom is -0.456 e. The topological polar surface area (TPSA) is 84.5 Å². The Balaban J connectivity index is 2.40. The maximum Gasteiger partial charge on any atom is 0.303 e. The van der Waals surface area contributed by atoms with E-state index in [0.717, 1.165) is 10.0 Å². The largest absolute Gasteiger partial charge is 0.456 e. The van der Waals surface area contributed by atoms with Crippen molar-refractivity contribution >= 4 is 39.4 Å². The number of esters is 1. The van der Waals surface area contributed by atoms with E-state index in [1.807, 2.05) is 19.1 Å². The molecule has 7 heteroatoms. The van der Waals surface area contributed by atoms with Crippen LogP contribution in [0.25, 0.3) is 0 Å². The zero-order valence-electron chi connectivity index (χ0n) is 11.2. The quantitative estimate of drug-likeness (QED) is 0.791. The number of hydrogen-bond acceptors (Lipinski definition) is 4. The number of anilines is 1. The lowest BCUT2D eigenvalue weighted by Crippen LogP contribution is -2.35. The molecule has 0 radical (unpaired) electrons. The van der Waals surface area contributed by atoms with E-state index in [1.54, 1.807) is 6.07 Å². The summed E-state index contributed by atoms with van der Waals surface area (Å²) in [7, 11) is 0. The molecule has 0 atom stereocenters. The first-order valence-corrected chi connectivity index (χ1v) is 6.64. The molecule has 0 unspecified atom stereocenters. The van der Waals surface area contributed by atoms with Crippen molar-refractivity contribution in [2.24, 2.45) is 0 Å².